The van der Waals surface area contributed by atoms with Crippen molar-refractivity contribution in [3.8, 4) is 0 Å². The molecule has 2 heterocycles. The molecule has 28 heavy (non-hydrogen) atoms. The van der Waals surface area contributed by atoms with Crippen molar-refractivity contribution in [3.05, 3.63) is 29.8 Å². The first kappa shape index (κ1) is 20.9. The molecule has 0 atom stereocenters. The third-order valence-electron chi connectivity index (χ3n) is 5.68. The number of piperidine rings is 1. The number of nitrogens with zero attached hydrogens (tertiary/aromatic N) is 3. The van der Waals surface area contributed by atoms with Crippen molar-refractivity contribution in [2.45, 2.75) is 32.0 Å². The Morgan fingerprint density at radius 3 is 2.36 bits per heavy atom. The van der Waals surface area contributed by atoms with Crippen LogP contribution in [0.4, 0.5) is 18.9 Å². The molecule has 3 rings (SSSR count). The van der Waals surface area contributed by atoms with Crippen LogP contribution in [0.1, 0.15) is 25.3 Å². The lowest BCUT2D eigenvalue weighted by Gasteiger charge is -2.36. The van der Waals surface area contributed by atoms with Crippen LogP contribution in [0.15, 0.2) is 24.3 Å². The third-order valence-corrected chi connectivity index (χ3v) is 5.68. The van der Waals surface area contributed by atoms with Gasteiger partial charge < -0.3 is 15.1 Å². The number of anilines is 1. The Kier molecular flexibility index (Phi) is 6.82. The largest absolute Gasteiger partial charge is 0.416 e. The molecule has 2 saturated heterocycles. The van der Waals surface area contributed by atoms with Crippen LogP contribution in [-0.4, -0.2) is 74.1 Å². The average molecular weight is 398 g/mol. The van der Waals surface area contributed by atoms with Crippen LogP contribution in [0.5, 0.6) is 0 Å². The molecule has 0 aliphatic carbocycles. The molecule has 1 amide bonds. The Hall–Kier alpha value is -1.80. The zero-order valence-electron chi connectivity index (χ0n) is 16.3. The summed E-state index contributed by atoms with van der Waals surface area (Å²) in [5, 5.41) is 3.13. The van der Waals surface area contributed by atoms with Gasteiger partial charge >= 0.3 is 6.18 Å². The summed E-state index contributed by atoms with van der Waals surface area (Å²) in [5.41, 5.74) is -0.0393. The fraction of sp³-hybridized carbons (Fsp3) is 0.650. The second kappa shape index (κ2) is 9.13. The van der Waals surface area contributed by atoms with Gasteiger partial charge in [-0.3, -0.25) is 9.69 Å². The van der Waals surface area contributed by atoms with E-state index in [-0.39, 0.29) is 11.9 Å². The summed E-state index contributed by atoms with van der Waals surface area (Å²) in [7, 11) is 0. The Labute approximate surface area is 164 Å². The van der Waals surface area contributed by atoms with Crippen molar-refractivity contribution in [3.63, 3.8) is 0 Å². The number of rotatable bonds is 5. The number of piperazine rings is 1. The summed E-state index contributed by atoms with van der Waals surface area (Å²) in [6.45, 7) is 8.16. The molecule has 0 radical (unpaired) electrons. The Morgan fingerprint density at radius 2 is 1.75 bits per heavy atom. The molecule has 1 aromatic rings. The fourth-order valence-electron chi connectivity index (χ4n) is 3.91. The van der Waals surface area contributed by atoms with E-state index in [9.17, 15) is 18.0 Å². The molecule has 2 aliphatic rings. The minimum Gasteiger partial charge on any atom is -0.369 e. The van der Waals surface area contributed by atoms with Crippen molar-refractivity contribution in [1.29, 1.82) is 0 Å². The van der Waals surface area contributed by atoms with Crippen molar-refractivity contribution in [2.24, 2.45) is 0 Å². The van der Waals surface area contributed by atoms with Crippen molar-refractivity contribution in [1.82, 2.24) is 15.1 Å². The van der Waals surface area contributed by atoms with E-state index in [1.165, 1.54) is 12.1 Å². The highest BCUT2D eigenvalue weighted by Gasteiger charge is 2.31. The molecule has 0 bridgehead atoms. The number of benzene rings is 1. The van der Waals surface area contributed by atoms with Crippen LogP contribution in [0.2, 0.25) is 0 Å². The monoisotopic (exact) mass is 398 g/mol. The first-order valence-electron chi connectivity index (χ1n) is 10.0. The summed E-state index contributed by atoms with van der Waals surface area (Å²) in [5.74, 6) is 0.0440. The molecule has 2 fully saturated rings. The topological polar surface area (TPSA) is 38.8 Å². The Morgan fingerprint density at radius 1 is 1.07 bits per heavy atom. The minimum atomic E-state index is -4.33. The van der Waals surface area contributed by atoms with Crippen LogP contribution in [0.25, 0.3) is 0 Å². The third kappa shape index (κ3) is 5.61. The second-order valence-electron chi connectivity index (χ2n) is 7.59. The van der Waals surface area contributed by atoms with Crippen LogP contribution in [0.3, 0.4) is 0 Å². The number of carbonyl (C=O) groups is 1. The zero-order valence-corrected chi connectivity index (χ0v) is 16.3. The number of carbonyl (C=O) groups excluding carboxylic acids is 1. The summed E-state index contributed by atoms with van der Waals surface area (Å²) in [4.78, 5) is 18.7. The number of halogens is 3. The van der Waals surface area contributed by atoms with Crippen LogP contribution >= 0.6 is 0 Å². The van der Waals surface area contributed by atoms with Gasteiger partial charge in [0.15, 0.2) is 0 Å². The van der Waals surface area contributed by atoms with Gasteiger partial charge in [-0.2, -0.15) is 13.2 Å². The van der Waals surface area contributed by atoms with E-state index in [1.54, 1.807) is 6.07 Å². The quantitative estimate of drug-likeness (QED) is 0.827. The van der Waals surface area contributed by atoms with Crippen molar-refractivity contribution >= 4 is 11.6 Å². The highest BCUT2D eigenvalue weighted by atomic mass is 19.4. The number of alkyl halides is 3. The average Bonchev–Trinajstić information content (AvgIpc) is 2.68. The van der Waals surface area contributed by atoms with E-state index >= 15 is 0 Å². The van der Waals surface area contributed by atoms with E-state index in [1.807, 2.05) is 4.90 Å². The SMILES string of the molecule is CCN1CCC(NC(=O)CN2CCN(c3cccc(C(F)(F)F)c3)CC2)CC1. The lowest BCUT2D eigenvalue weighted by atomic mass is 10.1. The Bertz CT molecular complexity index is 651. The second-order valence-corrected chi connectivity index (χ2v) is 7.59. The molecule has 156 valence electrons. The van der Waals surface area contributed by atoms with E-state index in [4.69, 9.17) is 0 Å². The normalized spacial score (nSPS) is 20.4. The van der Waals surface area contributed by atoms with Crippen LogP contribution < -0.4 is 10.2 Å². The molecule has 8 heteroatoms. The summed E-state index contributed by atoms with van der Waals surface area (Å²) < 4.78 is 38.7. The highest BCUT2D eigenvalue weighted by Crippen LogP contribution is 2.31. The van der Waals surface area contributed by atoms with Gasteiger partial charge in [-0.05, 0) is 37.6 Å². The molecule has 1 N–H and O–H groups in total. The van der Waals surface area contributed by atoms with Gasteiger partial charge in [0.2, 0.25) is 5.91 Å². The van der Waals surface area contributed by atoms with Gasteiger partial charge in [0.05, 0.1) is 12.1 Å². The molecule has 0 saturated carbocycles. The maximum atomic E-state index is 12.9. The predicted molar refractivity (Wildman–Crippen MR) is 103 cm³/mol. The molecule has 0 spiro atoms. The van der Waals surface area contributed by atoms with Crippen LogP contribution in [0, 0.1) is 0 Å². The van der Waals surface area contributed by atoms with Crippen molar-refractivity contribution < 1.29 is 18.0 Å². The maximum absolute atomic E-state index is 12.9. The lowest BCUT2D eigenvalue weighted by Crippen LogP contribution is -2.51. The number of nitrogens with one attached hydrogen (secondary N) is 1. The number of amides is 1. The number of hydrogen-bond donors (Lipinski definition) is 1. The first-order valence-corrected chi connectivity index (χ1v) is 10.0. The highest BCUT2D eigenvalue weighted by molar-refractivity contribution is 5.78. The van der Waals surface area contributed by atoms with Crippen LogP contribution in [-0.2, 0) is 11.0 Å². The summed E-state index contributed by atoms with van der Waals surface area (Å²) in [6, 6.07) is 5.70. The summed E-state index contributed by atoms with van der Waals surface area (Å²) in [6.07, 6.45) is -2.35. The van der Waals surface area contributed by atoms with Gasteiger partial charge in [-0.1, -0.05) is 13.0 Å². The fourth-order valence-corrected chi connectivity index (χ4v) is 3.91. The van der Waals surface area contributed by atoms with Gasteiger partial charge in [0, 0.05) is 51.0 Å². The summed E-state index contributed by atoms with van der Waals surface area (Å²) >= 11 is 0. The molecule has 2 aliphatic heterocycles. The van der Waals surface area contributed by atoms with Crippen molar-refractivity contribution in [2.75, 3.05) is 57.3 Å². The van der Waals surface area contributed by atoms with E-state index in [0.29, 0.717) is 38.4 Å². The maximum Gasteiger partial charge on any atom is 0.416 e. The standard InChI is InChI=1S/C20H29F3N4O/c1-2-25-8-6-17(7-9-25)24-19(28)15-26-10-12-27(13-11-26)18-5-3-4-16(14-18)20(21,22)23/h3-5,14,17H,2,6-13,15H2,1H3,(H,24,28). The molecule has 0 aromatic heterocycles. The van der Waals surface area contributed by atoms with Gasteiger partial charge in [-0.25, -0.2) is 0 Å². The van der Waals surface area contributed by atoms with Gasteiger partial charge in [0.25, 0.3) is 0 Å². The zero-order chi connectivity index (χ0) is 20.1. The molecular weight excluding hydrogens is 369 g/mol. The predicted octanol–water partition coefficient (Wildman–Crippen LogP) is 2.43. The van der Waals surface area contributed by atoms with Gasteiger partial charge in [-0.15, -0.1) is 0 Å². The first-order chi connectivity index (χ1) is 13.3. The lowest BCUT2D eigenvalue weighted by molar-refractivity contribution is -0.137. The molecule has 0 unspecified atom stereocenters. The Balaban J connectivity index is 1.44. The molecule has 5 nitrogen and oxygen atoms in total. The van der Waals surface area contributed by atoms with Gasteiger partial charge in [0.1, 0.15) is 0 Å². The number of hydrogen-bond acceptors (Lipinski definition) is 4. The minimum absolute atomic E-state index is 0.0440. The molecule has 1 aromatic carbocycles. The van der Waals surface area contributed by atoms with E-state index < -0.39 is 11.7 Å². The molecular formula is C20H29F3N4O. The smallest absolute Gasteiger partial charge is 0.369 e. The van der Waals surface area contributed by atoms with E-state index in [2.05, 4.69) is 22.0 Å². The number of likely N-dealkylation sites (tertiary alicyclic amines) is 1. The van der Waals surface area contributed by atoms with E-state index in [0.717, 1.165) is 38.5 Å².